The van der Waals surface area contributed by atoms with E-state index < -0.39 is 0 Å². The molecule has 2 nitrogen and oxygen atoms in total. The maximum absolute atomic E-state index is 5.81. The zero-order chi connectivity index (χ0) is 11.6. The molecular weight excluding hydrogens is 222 g/mol. The zero-order valence-corrected chi connectivity index (χ0v) is 10.4. The summed E-state index contributed by atoms with van der Waals surface area (Å²) in [6.45, 7) is 4.88. The fraction of sp³-hybridized carbons (Fsp3) is 0.462. The molecule has 1 fully saturated rings. The first kappa shape index (κ1) is 11.6. The summed E-state index contributed by atoms with van der Waals surface area (Å²) in [5, 5.41) is 0.753. The van der Waals surface area contributed by atoms with Crippen LogP contribution in [0.3, 0.4) is 0 Å². The lowest BCUT2D eigenvalue weighted by molar-refractivity contribution is 0.0522. The Morgan fingerprint density at radius 2 is 2.19 bits per heavy atom. The van der Waals surface area contributed by atoms with Crippen molar-refractivity contribution in [3.8, 4) is 0 Å². The van der Waals surface area contributed by atoms with Crippen LogP contribution in [0.4, 0.5) is 0 Å². The Kier molecular flexibility index (Phi) is 3.31. The molecule has 1 aliphatic rings. The predicted molar refractivity (Wildman–Crippen MR) is 67.5 cm³/mol. The van der Waals surface area contributed by atoms with Crippen molar-refractivity contribution < 1.29 is 4.74 Å². The van der Waals surface area contributed by atoms with Gasteiger partial charge in [-0.3, -0.25) is 4.99 Å². The average Bonchev–Trinajstić information content (AvgIpc) is 2.89. The fourth-order valence-corrected chi connectivity index (χ4v) is 1.87. The second kappa shape index (κ2) is 4.56. The normalized spacial score (nSPS) is 28.6. The van der Waals surface area contributed by atoms with E-state index in [1.54, 1.807) is 0 Å². The quantitative estimate of drug-likeness (QED) is 0.737. The third kappa shape index (κ3) is 2.63. The minimum absolute atomic E-state index is 0.0301. The summed E-state index contributed by atoms with van der Waals surface area (Å²) in [5.41, 5.74) is 1.05. The molecule has 0 heterocycles. The van der Waals surface area contributed by atoms with Crippen molar-refractivity contribution in [2.75, 3.05) is 6.61 Å². The van der Waals surface area contributed by atoms with E-state index in [0.29, 0.717) is 6.04 Å². The lowest BCUT2D eigenvalue weighted by atomic mass is 10.2. The van der Waals surface area contributed by atoms with Gasteiger partial charge < -0.3 is 4.74 Å². The molecule has 1 aliphatic carbocycles. The maximum Gasteiger partial charge on any atom is 0.0899 e. The SMILES string of the molecule is CCO[C@]1(C)C[C@@H]1N=Cc1ccc(Cl)cc1. The molecule has 0 saturated heterocycles. The number of ether oxygens (including phenoxy) is 1. The topological polar surface area (TPSA) is 21.6 Å². The summed E-state index contributed by atoms with van der Waals surface area (Å²) in [6.07, 6.45) is 2.91. The Bertz CT molecular complexity index is 387. The Hall–Kier alpha value is -0.860. The molecule has 0 bridgehead atoms. The van der Waals surface area contributed by atoms with Gasteiger partial charge in [0.1, 0.15) is 0 Å². The van der Waals surface area contributed by atoms with E-state index in [-0.39, 0.29) is 5.60 Å². The third-order valence-corrected chi connectivity index (χ3v) is 3.14. The van der Waals surface area contributed by atoms with Crippen molar-refractivity contribution >= 4 is 17.8 Å². The molecule has 2 rings (SSSR count). The van der Waals surface area contributed by atoms with Crippen molar-refractivity contribution in [3.05, 3.63) is 34.9 Å². The molecule has 86 valence electrons. The summed E-state index contributed by atoms with van der Waals surface area (Å²) in [4.78, 5) is 4.51. The van der Waals surface area contributed by atoms with E-state index in [1.807, 2.05) is 37.4 Å². The van der Waals surface area contributed by atoms with Gasteiger partial charge in [-0.15, -0.1) is 0 Å². The van der Waals surface area contributed by atoms with Gasteiger partial charge in [0.25, 0.3) is 0 Å². The Labute approximate surface area is 101 Å². The molecule has 16 heavy (non-hydrogen) atoms. The number of benzene rings is 1. The molecule has 0 aromatic heterocycles. The average molecular weight is 238 g/mol. The molecule has 0 spiro atoms. The molecule has 0 radical (unpaired) electrons. The van der Waals surface area contributed by atoms with Gasteiger partial charge in [-0.2, -0.15) is 0 Å². The van der Waals surface area contributed by atoms with Crippen LogP contribution < -0.4 is 0 Å². The highest BCUT2D eigenvalue weighted by atomic mass is 35.5. The second-order valence-electron chi connectivity index (χ2n) is 4.30. The maximum atomic E-state index is 5.81. The van der Waals surface area contributed by atoms with Gasteiger partial charge in [0.05, 0.1) is 11.6 Å². The molecule has 1 aromatic rings. The number of rotatable bonds is 4. The minimum atomic E-state index is -0.0301. The number of aliphatic imine (C=N–C) groups is 1. The van der Waals surface area contributed by atoms with Crippen LogP contribution in [0.5, 0.6) is 0 Å². The van der Waals surface area contributed by atoms with Gasteiger partial charge >= 0.3 is 0 Å². The zero-order valence-electron chi connectivity index (χ0n) is 9.61. The summed E-state index contributed by atoms with van der Waals surface area (Å²) in [6, 6.07) is 7.98. The first-order valence-electron chi connectivity index (χ1n) is 5.57. The van der Waals surface area contributed by atoms with Gasteiger partial charge in [0.15, 0.2) is 0 Å². The highest BCUT2D eigenvalue weighted by Crippen LogP contribution is 2.42. The van der Waals surface area contributed by atoms with Gasteiger partial charge in [0.2, 0.25) is 0 Å². The smallest absolute Gasteiger partial charge is 0.0899 e. The van der Waals surface area contributed by atoms with Crippen molar-refractivity contribution in [2.45, 2.75) is 31.9 Å². The van der Waals surface area contributed by atoms with Crippen molar-refractivity contribution in [2.24, 2.45) is 4.99 Å². The molecule has 0 N–H and O–H groups in total. The van der Waals surface area contributed by atoms with E-state index in [4.69, 9.17) is 16.3 Å². The van der Waals surface area contributed by atoms with E-state index in [9.17, 15) is 0 Å². The summed E-state index contributed by atoms with van der Waals surface area (Å²) >= 11 is 5.81. The third-order valence-electron chi connectivity index (χ3n) is 2.89. The Morgan fingerprint density at radius 3 is 2.81 bits per heavy atom. The van der Waals surface area contributed by atoms with Crippen LogP contribution in [0.15, 0.2) is 29.3 Å². The van der Waals surface area contributed by atoms with E-state index >= 15 is 0 Å². The molecule has 2 atom stereocenters. The molecule has 1 saturated carbocycles. The molecular formula is C13H16ClNO. The van der Waals surface area contributed by atoms with Crippen LogP contribution in [0, 0.1) is 0 Å². The highest BCUT2D eigenvalue weighted by Gasteiger charge is 2.51. The lowest BCUT2D eigenvalue weighted by Crippen LogP contribution is -2.13. The van der Waals surface area contributed by atoms with Crippen molar-refractivity contribution in [3.63, 3.8) is 0 Å². The van der Waals surface area contributed by atoms with E-state index in [0.717, 1.165) is 23.6 Å². The van der Waals surface area contributed by atoms with E-state index in [1.165, 1.54) is 0 Å². The molecule has 3 heteroatoms. The standard InChI is InChI=1S/C13H16ClNO/c1-3-16-13(2)8-12(13)15-9-10-4-6-11(14)7-5-10/h4-7,9,12H,3,8H2,1-2H3/t12-,13+/m0/s1. The molecule has 0 amide bonds. The van der Waals surface area contributed by atoms with Crippen LogP contribution in [0.1, 0.15) is 25.8 Å². The summed E-state index contributed by atoms with van der Waals surface area (Å²) in [5.74, 6) is 0. The first-order chi connectivity index (χ1) is 7.64. The van der Waals surface area contributed by atoms with Crippen LogP contribution in [-0.4, -0.2) is 24.5 Å². The van der Waals surface area contributed by atoms with Crippen LogP contribution in [0.25, 0.3) is 0 Å². The lowest BCUT2D eigenvalue weighted by Gasteiger charge is -2.08. The van der Waals surface area contributed by atoms with Crippen LogP contribution in [-0.2, 0) is 4.74 Å². The van der Waals surface area contributed by atoms with Gasteiger partial charge in [0, 0.05) is 24.3 Å². The number of hydrogen-bond acceptors (Lipinski definition) is 2. The molecule has 0 unspecified atom stereocenters. The van der Waals surface area contributed by atoms with Gasteiger partial charge in [-0.25, -0.2) is 0 Å². The number of hydrogen-bond donors (Lipinski definition) is 0. The van der Waals surface area contributed by atoms with Crippen molar-refractivity contribution in [1.82, 2.24) is 0 Å². The monoisotopic (exact) mass is 237 g/mol. The number of nitrogens with zero attached hydrogens (tertiary/aromatic N) is 1. The van der Waals surface area contributed by atoms with Gasteiger partial charge in [-0.1, -0.05) is 23.7 Å². The Morgan fingerprint density at radius 1 is 1.50 bits per heavy atom. The Balaban J connectivity index is 1.94. The molecule has 1 aromatic carbocycles. The van der Waals surface area contributed by atoms with Gasteiger partial charge in [-0.05, 0) is 31.5 Å². The fourth-order valence-electron chi connectivity index (χ4n) is 1.75. The van der Waals surface area contributed by atoms with Crippen molar-refractivity contribution in [1.29, 1.82) is 0 Å². The molecule has 0 aliphatic heterocycles. The minimum Gasteiger partial charge on any atom is -0.373 e. The van der Waals surface area contributed by atoms with Crippen LogP contribution >= 0.6 is 11.6 Å². The van der Waals surface area contributed by atoms with Crippen LogP contribution in [0.2, 0.25) is 5.02 Å². The van der Waals surface area contributed by atoms with E-state index in [2.05, 4.69) is 11.9 Å². The second-order valence-corrected chi connectivity index (χ2v) is 4.73. The predicted octanol–water partition coefficient (Wildman–Crippen LogP) is 3.33. The highest BCUT2D eigenvalue weighted by molar-refractivity contribution is 6.30. The number of halogens is 1. The summed E-state index contributed by atoms with van der Waals surface area (Å²) in [7, 11) is 0. The largest absolute Gasteiger partial charge is 0.373 e. The first-order valence-corrected chi connectivity index (χ1v) is 5.94. The summed E-state index contributed by atoms with van der Waals surface area (Å²) < 4.78 is 5.63.